The van der Waals surface area contributed by atoms with Crippen molar-refractivity contribution in [3.8, 4) is 0 Å². The first-order valence-corrected chi connectivity index (χ1v) is 5.83. The van der Waals surface area contributed by atoms with Crippen LogP contribution in [0.25, 0.3) is 0 Å². The van der Waals surface area contributed by atoms with Crippen LogP contribution >= 0.6 is 11.3 Å². The Morgan fingerprint density at radius 2 is 2.36 bits per heavy atom. The lowest BCUT2D eigenvalue weighted by molar-refractivity contribution is 0.0930. The molecule has 1 unspecified atom stereocenters. The molecular formula is C11H17NOS. The molecule has 78 valence electrons. The molecule has 0 radical (unpaired) electrons. The van der Waals surface area contributed by atoms with Gasteiger partial charge in [-0.2, -0.15) is 0 Å². The maximum atomic E-state index is 11.8. The van der Waals surface area contributed by atoms with Gasteiger partial charge in [0, 0.05) is 28.3 Å². The molecule has 0 aromatic carbocycles. The number of hydrogen-bond acceptors (Lipinski definition) is 3. The van der Waals surface area contributed by atoms with Gasteiger partial charge in [-0.3, -0.25) is 4.79 Å². The minimum atomic E-state index is 0.0731. The fourth-order valence-corrected chi connectivity index (χ4v) is 2.00. The smallest absolute Gasteiger partial charge is 0.167 e. The van der Waals surface area contributed by atoms with Crippen LogP contribution in [0.1, 0.15) is 29.1 Å². The summed E-state index contributed by atoms with van der Waals surface area (Å²) in [5.41, 5.74) is 0.859. The second-order valence-electron chi connectivity index (χ2n) is 3.52. The van der Waals surface area contributed by atoms with E-state index in [1.807, 2.05) is 32.2 Å². The maximum Gasteiger partial charge on any atom is 0.167 e. The number of Topliss-reactive ketones (excluding diaryl/α,β-unsaturated/α-hetero) is 1. The first-order chi connectivity index (χ1) is 6.65. The van der Waals surface area contributed by atoms with Crippen LogP contribution in [0, 0.1) is 12.8 Å². The summed E-state index contributed by atoms with van der Waals surface area (Å²) in [7, 11) is 0. The zero-order valence-electron chi connectivity index (χ0n) is 8.96. The van der Waals surface area contributed by atoms with E-state index in [1.165, 1.54) is 4.88 Å². The van der Waals surface area contributed by atoms with E-state index in [9.17, 15) is 4.79 Å². The van der Waals surface area contributed by atoms with E-state index in [2.05, 4.69) is 5.32 Å². The molecule has 1 heterocycles. The first-order valence-electron chi connectivity index (χ1n) is 4.95. The molecule has 1 aromatic heterocycles. The molecule has 0 aliphatic heterocycles. The number of nitrogens with one attached hydrogen (secondary N) is 1. The molecule has 0 aliphatic rings. The Labute approximate surface area is 89.3 Å². The van der Waals surface area contributed by atoms with Gasteiger partial charge in [0.05, 0.1) is 0 Å². The van der Waals surface area contributed by atoms with Gasteiger partial charge in [0.15, 0.2) is 5.78 Å². The van der Waals surface area contributed by atoms with Gasteiger partial charge in [-0.25, -0.2) is 0 Å². The lowest BCUT2D eigenvalue weighted by Crippen LogP contribution is -2.26. The van der Waals surface area contributed by atoms with E-state index in [4.69, 9.17) is 0 Å². The fraction of sp³-hybridized carbons (Fsp3) is 0.545. The van der Waals surface area contributed by atoms with Crippen molar-refractivity contribution in [3.05, 3.63) is 21.9 Å². The lowest BCUT2D eigenvalue weighted by Gasteiger charge is -2.08. The quantitative estimate of drug-likeness (QED) is 0.758. The molecule has 0 amide bonds. The summed E-state index contributed by atoms with van der Waals surface area (Å²) in [4.78, 5) is 13.0. The van der Waals surface area contributed by atoms with E-state index in [1.54, 1.807) is 11.3 Å². The molecule has 1 N–H and O–H groups in total. The Morgan fingerprint density at radius 1 is 1.64 bits per heavy atom. The SMILES string of the molecule is CCNCC(C)C(=O)c1csc(C)c1. The van der Waals surface area contributed by atoms with E-state index in [0.717, 1.165) is 18.7 Å². The highest BCUT2D eigenvalue weighted by molar-refractivity contribution is 7.10. The highest BCUT2D eigenvalue weighted by atomic mass is 32.1. The molecule has 0 aliphatic carbocycles. The van der Waals surface area contributed by atoms with Gasteiger partial charge in [-0.15, -0.1) is 11.3 Å². The summed E-state index contributed by atoms with van der Waals surface area (Å²) in [5, 5.41) is 5.13. The summed E-state index contributed by atoms with van der Waals surface area (Å²) in [6.45, 7) is 7.73. The van der Waals surface area contributed by atoms with Gasteiger partial charge in [0.1, 0.15) is 0 Å². The monoisotopic (exact) mass is 211 g/mol. The van der Waals surface area contributed by atoms with Crippen molar-refractivity contribution in [1.82, 2.24) is 5.32 Å². The molecule has 0 spiro atoms. The number of carbonyl (C=O) groups is 1. The second-order valence-corrected chi connectivity index (χ2v) is 4.63. The summed E-state index contributed by atoms with van der Waals surface area (Å²) >= 11 is 1.63. The average Bonchev–Trinajstić information content (AvgIpc) is 2.60. The molecule has 0 saturated carbocycles. The Bertz CT molecular complexity index is 306. The number of hydrogen-bond donors (Lipinski definition) is 1. The molecule has 3 heteroatoms. The van der Waals surface area contributed by atoms with Crippen molar-refractivity contribution in [2.24, 2.45) is 5.92 Å². The molecule has 0 bridgehead atoms. The van der Waals surface area contributed by atoms with E-state index >= 15 is 0 Å². The van der Waals surface area contributed by atoms with E-state index in [-0.39, 0.29) is 11.7 Å². The van der Waals surface area contributed by atoms with Crippen LogP contribution < -0.4 is 5.32 Å². The van der Waals surface area contributed by atoms with Crippen molar-refractivity contribution in [2.75, 3.05) is 13.1 Å². The first kappa shape index (κ1) is 11.4. The predicted molar refractivity (Wildman–Crippen MR) is 61.1 cm³/mol. The van der Waals surface area contributed by atoms with Crippen LogP contribution in [-0.2, 0) is 0 Å². The second kappa shape index (κ2) is 5.27. The van der Waals surface area contributed by atoms with Crippen LogP contribution in [-0.4, -0.2) is 18.9 Å². The molecule has 1 atom stereocenters. The average molecular weight is 211 g/mol. The maximum absolute atomic E-state index is 11.8. The van der Waals surface area contributed by atoms with Crippen LogP contribution in [0.15, 0.2) is 11.4 Å². The highest BCUT2D eigenvalue weighted by Gasteiger charge is 2.15. The third-order valence-corrected chi connectivity index (χ3v) is 3.02. The number of rotatable bonds is 5. The summed E-state index contributed by atoms with van der Waals surface area (Å²) in [5.74, 6) is 0.319. The fourth-order valence-electron chi connectivity index (χ4n) is 1.31. The van der Waals surface area contributed by atoms with Gasteiger partial charge in [-0.1, -0.05) is 13.8 Å². The zero-order valence-corrected chi connectivity index (χ0v) is 9.78. The molecule has 0 fully saturated rings. The predicted octanol–water partition coefficient (Wildman–Crippen LogP) is 2.48. The van der Waals surface area contributed by atoms with Crippen molar-refractivity contribution >= 4 is 17.1 Å². The Hall–Kier alpha value is -0.670. The molecule has 0 saturated heterocycles. The molecule has 1 rings (SSSR count). The van der Waals surface area contributed by atoms with Gasteiger partial charge >= 0.3 is 0 Å². The minimum absolute atomic E-state index is 0.0731. The Morgan fingerprint density at radius 3 is 2.86 bits per heavy atom. The topological polar surface area (TPSA) is 29.1 Å². The Kier molecular flexibility index (Phi) is 4.29. The number of thiophene rings is 1. The molecular weight excluding hydrogens is 194 g/mol. The van der Waals surface area contributed by atoms with Crippen molar-refractivity contribution in [1.29, 1.82) is 0 Å². The summed E-state index contributed by atoms with van der Waals surface area (Å²) in [6, 6.07) is 1.97. The standard InChI is InChI=1S/C11H17NOS/c1-4-12-6-8(2)11(13)10-5-9(3)14-7-10/h5,7-8,12H,4,6H2,1-3H3. The third-order valence-electron chi connectivity index (χ3n) is 2.16. The minimum Gasteiger partial charge on any atom is -0.316 e. The van der Waals surface area contributed by atoms with Gasteiger partial charge in [0.25, 0.3) is 0 Å². The lowest BCUT2D eigenvalue weighted by atomic mass is 10.0. The van der Waals surface area contributed by atoms with Crippen LogP contribution in [0.3, 0.4) is 0 Å². The zero-order chi connectivity index (χ0) is 10.6. The van der Waals surface area contributed by atoms with Crippen LogP contribution in [0.2, 0.25) is 0 Å². The molecule has 1 aromatic rings. The van der Waals surface area contributed by atoms with E-state index < -0.39 is 0 Å². The van der Waals surface area contributed by atoms with Crippen LogP contribution in [0.5, 0.6) is 0 Å². The molecule has 14 heavy (non-hydrogen) atoms. The van der Waals surface area contributed by atoms with Gasteiger partial charge < -0.3 is 5.32 Å². The number of carbonyl (C=O) groups excluding carboxylic acids is 1. The van der Waals surface area contributed by atoms with Gasteiger partial charge in [-0.05, 0) is 19.5 Å². The normalized spacial score (nSPS) is 12.8. The van der Waals surface area contributed by atoms with Crippen molar-refractivity contribution < 1.29 is 4.79 Å². The van der Waals surface area contributed by atoms with Crippen LogP contribution in [0.4, 0.5) is 0 Å². The highest BCUT2D eigenvalue weighted by Crippen LogP contribution is 2.16. The number of aryl methyl sites for hydroxylation is 1. The summed E-state index contributed by atoms with van der Waals surface area (Å²) < 4.78 is 0. The van der Waals surface area contributed by atoms with E-state index in [0.29, 0.717) is 0 Å². The third kappa shape index (κ3) is 2.93. The van der Waals surface area contributed by atoms with Crippen molar-refractivity contribution in [3.63, 3.8) is 0 Å². The van der Waals surface area contributed by atoms with Crippen molar-refractivity contribution in [2.45, 2.75) is 20.8 Å². The summed E-state index contributed by atoms with van der Waals surface area (Å²) in [6.07, 6.45) is 0. The largest absolute Gasteiger partial charge is 0.316 e. The molecule has 2 nitrogen and oxygen atoms in total. The number of ketones is 1. The Balaban J connectivity index is 2.56. The van der Waals surface area contributed by atoms with Gasteiger partial charge in [0.2, 0.25) is 0 Å².